The standard InChI is InChI=1S/C25H33N3O4/c1-27(2)23(29)12-9-18-5-7-19(8-6-18)17-20-13-15-28(16-14-20)25(30)21-10-11-22(31-3)26-24(21)32-4/h5-8,10-11,20H,9,12-17H2,1-4H3. The lowest BCUT2D eigenvalue weighted by Gasteiger charge is -2.32. The fraction of sp³-hybridized carbons (Fsp3) is 0.480. The van der Waals surface area contributed by atoms with Crippen molar-refractivity contribution in [2.75, 3.05) is 41.4 Å². The molecule has 1 aliphatic rings. The molecule has 32 heavy (non-hydrogen) atoms. The van der Waals surface area contributed by atoms with Crippen LogP contribution < -0.4 is 9.47 Å². The van der Waals surface area contributed by atoms with Gasteiger partial charge in [0.2, 0.25) is 17.7 Å². The maximum atomic E-state index is 13.0. The second kappa shape index (κ2) is 11.0. The zero-order valence-electron chi connectivity index (χ0n) is 19.5. The Kier molecular flexibility index (Phi) is 8.09. The summed E-state index contributed by atoms with van der Waals surface area (Å²) in [5.41, 5.74) is 2.96. The van der Waals surface area contributed by atoms with Gasteiger partial charge in [-0.1, -0.05) is 24.3 Å². The highest BCUT2D eigenvalue weighted by Crippen LogP contribution is 2.26. The molecule has 2 heterocycles. The molecule has 7 nitrogen and oxygen atoms in total. The van der Waals surface area contributed by atoms with Gasteiger partial charge in [0.1, 0.15) is 5.56 Å². The van der Waals surface area contributed by atoms with Gasteiger partial charge in [-0.2, -0.15) is 4.98 Å². The summed E-state index contributed by atoms with van der Waals surface area (Å²) in [6.07, 6.45) is 4.24. The van der Waals surface area contributed by atoms with E-state index in [-0.39, 0.29) is 11.8 Å². The van der Waals surface area contributed by atoms with Gasteiger partial charge in [0.25, 0.3) is 5.91 Å². The third-order valence-corrected chi connectivity index (χ3v) is 6.04. The summed E-state index contributed by atoms with van der Waals surface area (Å²) < 4.78 is 10.4. The number of nitrogens with zero attached hydrogens (tertiary/aromatic N) is 3. The number of carbonyl (C=O) groups is 2. The monoisotopic (exact) mass is 439 g/mol. The largest absolute Gasteiger partial charge is 0.481 e. The summed E-state index contributed by atoms with van der Waals surface area (Å²) in [6, 6.07) is 12.0. The Labute approximate surface area is 190 Å². The van der Waals surface area contributed by atoms with Crippen molar-refractivity contribution >= 4 is 11.8 Å². The van der Waals surface area contributed by atoms with Crippen LogP contribution in [0.15, 0.2) is 36.4 Å². The maximum absolute atomic E-state index is 13.0. The summed E-state index contributed by atoms with van der Waals surface area (Å²) in [4.78, 5) is 32.5. The number of hydrogen-bond acceptors (Lipinski definition) is 5. The summed E-state index contributed by atoms with van der Waals surface area (Å²) in [7, 11) is 6.62. The van der Waals surface area contributed by atoms with Crippen LogP contribution in [0.1, 0.15) is 40.7 Å². The van der Waals surface area contributed by atoms with Crippen LogP contribution in [0.5, 0.6) is 11.8 Å². The molecule has 0 bridgehead atoms. The van der Waals surface area contributed by atoms with E-state index in [4.69, 9.17) is 9.47 Å². The first-order valence-corrected chi connectivity index (χ1v) is 11.1. The van der Waals surface area contributed by atoms with E-state index in [9.17, 15) is 9.59 Å². The first-order chi connectivity index (χ1) is 15.4. The second-order valence-corrected chi connectivity index (χ2v) is 8.45. The van der Waals surface area contributed by atoms with Crippen molar-refractivity contribution < 1.29 is 19.1 Å². The molecule has 1 aromatic heterocycles. The average Bonchev–Trinajstić information content (AvgIpc) is 2.82. The van der Waals surface area contributed by atoms with Crippen LogP contribution in [0.3, 0.4) is 0 Å². The van der Waals surface area contributed by atoms with Crippen molar-refractivity contribution in [1.82, 2.24) is 14.8 Å². The number of hydrogen-bond donors (Lipinski definition) is 0. The molecule has 0 saturated carbocycles. The summed E-state index contributed by atoms with van der Waals surface area (Å²) in [5.74, 6) is 1.37. The molecule has 0 aliphatic carbocycles. The number of aromatic nitrogens is 1. The van der Waals surface area contributed by atoms with Crippen LogP contribution in [-0.2, 0) is 17.6 Å². The quantitative estimate of drug-likeness (QED) is 0.632. The highest BCUT2D eigenvalue weighted by molar-refractivity contribution is 5.96. The maximum Gasteiger partial charge on any atom is 0.259 e. The van der Waals surface area contributed by atoms with Gasteiger partial charge in [0.15, 0.2) is 0 Å². The minimum atomic E-state index is -0.0490. The lowest BCUT2D eigenvalue weighted by molar-refractivity contribution is -0.128. The number of carbonyl (C=O) groups excluding carboxylic acids is 2. The van der Waals surface area contributed by atoms with Crippen molar-refractivity contribution in [3.05, 3.63) is 53.1 Å². The van der Waals surface area contributed by atoms with Crippen LogP contribution >= 0.6 is 0 Å². The summed E-state index contributed by atoms with van der Waals surface area (Å²) in [5, 5.41) is 0. The van der Waals surface area contributed by atoms with Crippen molar-refractivity contribution in [1.29, 1.82) is 0 Å². The van der Waals surface area contributed by atoms with Crippen molar-refractivity contribution in [3.8, 4) is 11.8 Å². The Balaban J connectivity index is 1.51. The summed E-state index contributed by atoms with van der Waals surface area (Å²) >= 11 is 0. The van der Waals surface area contributed by atoms with E-state index in [1.165, 1.54) is 25.3 Å². The topological polar surface area (TPSA) is 72.0 Å². The van der Waals surface area contributed by atoms with E-state index in [1.54, 1.807) is 31.1 Å². The lowest BCUT2D eigenvalue weighted by atomic mass is 9.89. The molecule has 1 saturated heterocycles. The van der Waals surface area contributed by atoms with E-state index in [2.05, 4.69) is 29.2 Å². The first-order valence-electron chi connectivity index (χ1n) is 11.1. The minimum Gasteiger partial charge on any atom is -0.481 e. The molecule has 1 fully saturated rings. The molecule has 1 aliphatic heterocycles. The third-order valence-electron chi connectivity index (χ3n) is 6.04. The molecule has 0 N–H and O–H groups in total. The molecular formula is C25H33N3O4. The number of ether oxygens (including phenoxy) is 2. The second-order valence-electron chi connectivity index (χ2n) is 8.45. The predicted molar refractivity (Wildman–Crippen MR) is 123 cm³/mol. The normalized spacial score (nSPS) is 14.2. The Morgan fingerprint density at radius 2 is 1.66 bits per heavy atom. The van der Waals surface area contributed by atoms with Gasteiger partial charge < -0.3 is 19.3 Å². The molecule has 7 heteroatoms. The third kappa shape index (κ3) is 5.99. The minimum absolute atomic E-state index is 0.0490. The average molecular weight is 440 g/mol. The SMILES string of the molecule is COc1ccc(C(=O)N2CCC(Cc3ccc(CCC(=O)N(C)C)cc3)CC2)c(OC)n1. The highest BCUT2D eigenvalue weighted by Gasteiger charge is 2.26. The molecule has 2 amide bonds. The molecule has 1 aromatic carbocycles. The number of methoxy groups -OCH3 is 2. The molecule has 0 radical (unpaired) electrons. The number of benzene rings is 1. The fourth-order valence-electron chi connectivity index (χ4n) is 4.02. The number of pyridine rings is 1. The van der Waals surface area contributed by atoms with Gasteiger partial charge >= 0.3 is 0 Å². The van der Waals surface area contributed by atoms with Gasteiger partial charge in [0, 0.05) is 39.7 Å². The van der Waals surface area contributed by atoms with E-state index in [0.29, 0.717) is 29.7 Å². The predicted octanol–water partition coefficient (Wildman–Crippen LogP) is 3.21. The lowest BCUT2D eigenvalue weighted by Crippen LogP contribution is -2.39. The number of likely N-dealkylation sites (tertiary alicyclic amines) is 1. The van der Waals surface area contributed by atoms with Crippen molar-refractivity contribution in [2.24, 2.45) is 5.92 Å². The molecular weight excluding hydrogens is 406 g/mol. The Morgan fingerprint density at radius 1 is 1.00 bits per heavy atom. The van der Waals surface area contributed by atoms with Crippen LogP contribution in [0, 0.1) is 5.92 Å². The van der Waals surface area contributed by atoms with Gasteiger partial charge in [-0.15, -0.1) is 0 Å². The number of aryl methyl sites for hydroxylation is 1. The Morgan fingerprint density at radius 3 is 2.25 bits per heavy atom. The van der Waals surface area contributed by atoms with E-state index in [1.807, 2.05) is 4.90 Å². The smallest absolute Gasteiger partial charge is 0.259 e. The molecule has 3 rings (SSSR count). The van der Waals surface area contributed by atoms with Crippen LogP contribution in [0.4, 0.5) is 0 Å². The zero-order valence-corrected chi connectivity index (χ0v) is 19.5. The summed E-state index contributed by atoms with van der Waals surface area (Å²) in [6.45, 7) is 1.45. The van der Waals surface area contributed by atoms with Crippen molar-refractivity contribution in [3.63, 3.8) is 0 Å². The van der Waals surface area contributed by atoms with Gasteiger partial charge in [-0.05, 0) is 48.8 Å². The molecule has 2 aromatic rings. The van der Waals surface area contributed by atoms with Crippen molar-refractivity contribution in [2.45, 2.75) is 32.1 Å². The fourth-order valence-corrected chi connectivity index (χ4v) is 4.02. The Bertz CT molecular complexity index is 919. The molecule has 172 valence electrons. The van der Waals surface area contributed by atoms with E-state index in [0.717, 1.165) is 38.8 Å². The Hall–Kier alpha value is -3.09. The highest BCUT2D eigenvalue weighted by atomic mass is 16.5. The van der Waals surface area contributed by atoms with E-state index >= 15 is 0 Å². The molecule has 0 unspecified atom stereocenters. The van der Waals surface area contributed by atoms with Crippen LogP contribution in [-0.4, -0.2) is 68.0 Å². The van der Waals surface area contributed by atoms with Gasteiger partial charge in [-0.25, -0.2) is 0 Å². The zero-order chi connectivity index (χ0) is 23.1. The van der Waals surface area contributed by atoms with Crippen LogP contribution in [0.2, 0.25) is 0 Å². The number of amides is 2. The molecule has 0 atom stereocenters. The van der Waals surface area contributed by atoms with Gasteiger partial charge in [0.05, 0.1) is 14.2 Å². The van der Waals surface area contributed by atoms with Gasteiger partial charge in [-0.3, -0.25) is 9.59 Å². The van der Waals surface area contributed by atoms with Crippen LogP contribution in [0.25, 0.3) is 0 Å². The first kappa shape index (κ1) is 23.6. The number of piperidine rings is 1. The molecule has 0 spiro atoms. The number of rotatable bonds is 8. The van der Waals surface area contributed by atoms with E-state index < -0.39 is 0 Å².